The average molecular weight is 167 g/mol. The van der Waals surface area contributed by atoms with Gasteiger partial charge in [-0.1, -0.05) is 42.5 Å². The third-order valence-corrected chi connectivity index (χ3v) is 2.04. The van der Waals surface area contributed by atoms with E-state index in [0.717, 1.165) is 0 Å². The summed E-state index contributed by atoms with van der Waals surface area (Å²) in [6.45, 7) is 2.09. The first kappa shape index (κ1) is 8.06. The van der Waals surface area contributed by atoms with E-state index in [1.807, 2.05) is 18.2 Å². The molecule has 0 aliphatic carbocycles. The zero-order valence-corrected chi connectivity index (χ0v) is 7.62. The van der Waals surface area contributed by atoms with Crippen molar-refractivity contribution in [2.24, 2.45) is 0 Å². The monoisotopic (exact) mass is 167 g/mol. The van der Waals surface area contributed by atoms with Crippen molar-refractivity contribution in [1.82, 2.24) is 0 Å². The number of rotatable bonds is 1. The second-order valence-electron chi connectivity index (χ2n) is 3.17. The highest BCUT2D eigenvalue weighted by molar-refractivity contribution is 5.63. The van der Waals surface area contributed by atoms with E-state index in [4.69, 9.17) is 0 Å². The molecule has 0 aliphatic heterocycles. The van der Waals surface area contributed by atoms with Gasteiger partial charge in [0, 0.05) is 0 Å². The fraction of sp³-hybridized carbons (Fsp3) is 0.0769. The lowest BCUT2D eigenvalue weighted by Gasteiger charge is -2.01. The van der Waals surface area contributed by atoms with Crippen molar-refractivity contribution in [3.8, 4) is 11.1 Å². The molecule has 2 rings (SSSR count). The van der Waals surface area contributed by atoms with Gasteiger partial charge in [0.25, 0.3) is 0 Å². The lowest BCUT2D eigenvalue weighted by molar-refractivity contribution is 1.46. The van der Waals surface area contributed by atoms with Crippen LogP contribution in [0.25, 0.3) is 11.1 Å². The van der Waals surface area contributed by atoms with Crippen LogP contribution in [0.3, 0.4) is 0 Å². The molecule has 13 heavy (non-hydrogen) atoms. The van der Waals surface area contributed by atoms with Crippen molar-refractivity contribution >= 4 is 0 Å². The minimum Gasteiger partial charge on any atom is -0.0622 e. The van der Waals surface area contributed by atoms with Crippen LogP contribution in [0.4, 0.5) is 0 Å². The topological polar surface area (TPSA) is 0 Å². The molecule has 0 nitrogen and oxygen atoms in total. The van der Waals surface area contributed by atoms with Crippen LogP contribution >= 0.6 is 0 Å². The van der Waals surface area contributed by atoms with E-state index in [-0.39, 0.29) is 0 Å². The smallest absolute Gasteiger partial charge is 0.0175 e. The van der Waals surface area contributed by atoms with Gasteiger partial charge in [-0.2, -0.15) is 0 Å². The Balaban J connectivity index is 2.48. The summed E-state index contributed by atoms with van der Waals surface area (Å²) in [5.41, 5.74) is 3.74. The highest BCUT2D eigenvalue weighted by Gasteiger charge is 1.94. The third kappa shape index (κ3) is 1.78. The average Bonchev–Trinajstić information content (AvgIpc) is 2.19. The van der Waals surface area contributed by atoms with E-state index in [9.17, 15) is 0 Å². The summed E-state index contributed by atoms with van der Waals surface area (Å²) in [6, 6.07) is 19.7. The standard InChI is InChI=1S/C13H11/c1-11-6-5-9-13(10-11)12-7-3-2-4-8-12/h2-4,6-10H,1H3. The SMILES string of the molecule is Cc1c[c]cc(-c2ccccc2)c1. The van der Waals surface area contributed by atoms with Crippen LogP contribution < -0.4 is 0 Å². The maximum absolute atomic E-state index is 3.13. The Morgan fingerprint density at radius 3 is 2.38 bits per heavy atom. The van der Waals surface area contributed by atoms with Crippen molar-refractivity contribution in [2.75, 3.05) is 0 Å². The van der Waals surface area contributed by atoms with Crippen LogP contribution in [-0.4, -0.2) is 0 Å². The summed E-state index contributed by atoms with van der Waals surface area (Å²) < 4.78 is 0. The number of hydrogen-bond donors (Lipinski definition) is 0. The molecule has 0 bridgehead atoms. The minimum absolute atomic E-state index is 1.24. The van der Waals surface area contributed by atoms with E-state index >= 15 is 0 Å². The molecule has 0 N–H and O–H groups in total. The largest absolute Gasteiger partial charge is 0.0622 e. The molecule has 0 fully saturated rings. The predicted octanol–water partition coefficient (Wildman–Crippen LogP) is 3.46. The molecular weight excluding hydrogens is 156 g/mol. The summed E-state index contributed by atoms with van der Waals surface area (Å²) in [7, 11) is 0. The lowest BCUT2D eigenvalue weighted by Crippen LogP contribution is -1.77. The molecule has 0 saturated heterocycles. The predicted molar refractivity (Wildman–Crippen MR) is 55.5 cm³/mol. The van der Waals surface area contributed by atoms with Crippen LogP contribution in [0.15, 0.2) is 48.5 Å². The first-order valence-corrected chi connectivity index (χ1v) is 4.39. The summed E-state index contributed by atoms with van der Waals surface area (Å²) in [6.07, 6.45) is 0. The van der Waals surface area contributed by atoms with Gasteiger partial charge in [-0.05, 0) is 35.7 Å². The highest BCUT2D eigenvalue weighted by atomic mass is 14.0. The van der Waals surface area contributed by atoms with E-state index in [1.165, 1.54) is 16.7 Å². The molecule has 0 unspecified atom stereocenters. The summed E-state index contributed by atoms with van der Waals surface area (Å²) in [5.74, 6) is 0. The molecule has 2 aromatic rings. The molecule has 63 valence electrons. The minimum atomic E-state index is 1.24. The lowest BCUT2D eigenvalue weighted by atomic mass is 10.0. The molecule has 0 saturated carbocycles. The normalized spacial score (nSPS) is 9.92. The van der Waals surface area contributed by atoms with E-state index in [0.29, 0.717) is 0 Å². The van der Waals surface area contributed by atoms with Crippen molar-refractivity contribution in [1.29, 1.82) is 0 Å². The highest BCUT2D eigenvalue weighted by Crippen LogP contribution is 2.18. The van der Waals surface area contributed by atoms with Crippen LogP contribution in [0.2, 0.25) is 0 Å². The second-order valence-corrected chi connectivity index (χ2v) is 3.17. The van der Waals surface area contributed by atoms with Crippen molar-refractivity contribution < 1.29 is 0 Å². The molecule has 0 amide bonds. The van der Waals surface area contributed by atoms with Crippen LogP contribution in [0.5, 0.6) is 0 Å². The zero-order chi connectivity index (χ0) is 9.10. The maximum atomic E-state index is 3.13. The van der Waals surface area contributed by atoms with Gasteiger partial charge in [0.2, 0.25) is 0 Å². The maximum Gasteiger partial charge on any atom is -0.0175 e. The zero-order valence-electron chi connectivity index (χ0n) is 7.62. The van der Waals surface area contributed by atoms with Crippen molar-refractivity contribution in [3.05, 3.63) is 60.2 Å². The number of benzene rings is 2. The fourth-order valence-electron chi connectivity index (χ4n) is 1.39. The Morgan fingerprint density at radius 1 is 0.923 bits per heavy atom. The molecule has 0 heterocycles. The van der Waals surface area contributed by atoms with Gasteiger partial charge in [0.15, 0.2) is 0 Å². The van der Waals surface area contributed by atoms with Gasteiger partial charge in [0.1, 0.15) is 0 Å². The summed E-state index contributed by atoms with van der Waals surface area (Å²) in [5, 5.41) is 0. The van der Waals surface area contributed by atoms with Crippen molar-refractivity contribution in [3.63, 3.8) is 0 Å². The molecule has 0 spiro atoms. The van der Waals surface area contributed by atoms with Crippen LogP contribution in [0, 0.1) is 13.0 Å². The summed E-state index contributed by atoms with van der Waals surface area (Å²) in [4.78, 5) is 0. The molecule has 2 aromatic carbocycles. The second kappa shape index (κ2) is 3.44. The Hall–Kier alpha value is -1.56. The quantitative estimate of drug-likeness (QED) is 0.610. The van der Waals surface area contributed by atoms with E-state index < -0.39 is 0 Å². The molecular formula is C13H11. The van der Waals surface area contributed by atoms with Gasteiger partial charge in [-0.3, -0.25) is 0 Å². The van der Waals surface area contributed by atoms with Gasteiger partial charge in [-0.25, -0.2) is 0 Å². The Bertz CT molecular complexity index is 388. The van der Waals surface area contributed by atoms with Gasteiger partial charge in [-0.15, -0.1) is 0 Å². The fourth-order valence-corrected chi connectivity index (χ4v) is 1.39. The third-order valence-electron chi connectivity index (χ3n) is 2.04. The number of aryl methyl sites for hydroxylation is 1. The molecule has 1 radical (unpaired) electrons. The molecule has 0 aliphatic rings. The van der Waals surface area contributed by atoms with E-state index in [1.54, 1.807) is 0 Å². The summed E-state index contributed by atoms with van der Waals surface area (Å²) >= 11 is 0. The Kier molecular flexibility index (Phi) is 2.13. The van der Waals surface area contributed by atoms with Gasteiger partial charge >= 0.3 is 0 Å². The molecule has 0 heteroatoms. The van der Waals surface area contributed by atoms with Crippen LogP contribution in [-0.2, 0) is 0 Å². The first-order chi connectivity index (χ1) is 6.36. The first-order valence-electron chi connectivity index (χ1n) is 4.39. The van der Waals surface area contributed by atoms with E-state index in [2.05, 4.69) is 43.3 Å². The molecule has 0 aromatic heterocycles. The number of hydrogen-bond acceptors (Lipinski definition) is 0. The van der Waals surface area contributed by atoms with Gasteiger partial charge in [0.05, 0.1) is 0 Å². The Labute approximate surface area is 78.9 Å². The Morgan fingerprint density at radius 2 is 1.69 bits per heavy atom. The van der Waals surface area contributed by atoms with Crippen LogP contribution in [0.1, 0.15) is 5.56 Å². The van der Waals surface area contributed by atoms with Crippen molar-refractivity contribution in [2.45, 2.75) is 6.92 Å². The molecule has 0 atom stereocenters. The van der Waals surface area contributed by atoms with Gasteiger partial charge < -0.3 is 0 Å².